The number of hydrogen-bond acceptors (Lipinski definition) is 4. The fraction of sp³-hybridized carbons (Fsp3) is 0.611. The fourth-order valence-corrected chi connectivity index (χ4v) is 3.77. The monoisotopic (exact) mass is 515 g/mol. The number of thioether (sulfide) groups is 1. The standard InChI is InChI=1S/C18H27F2N3O2S.HI/c1-4-21-18(23-13-6-7-14(10-13)26-3)22-11-12-5-8-15(24-2)16(9-12)25-17(19)20;/h5,8-9,13-14,17H,4,6-7,10-11H2,1-3H3,(H2,21,22,23);1H. The molecule has 5 nitrogen and oxygen atoms in total. The second-order valence-corrected chi connectivity index (χ2v) is 7.21. The third kappa shape index (κ3) is 7.89. The Morgan fingerprint density at radius 2 is 2.11 bits per heavy atom. The summed E-state index contributed by atoms with van der Waals surface area (Å²) in [4.78, 5) is 4.58. The van der Waals surface area contributed by atoms with E-state index in [4.69, 9.17) is 4.74 Å². The summed E-state index contributed by atoms with van der Waals surface area (Å²) in [5, 5.41) is 7.41. The van der Waals surface area contributed by atoms with Crippen LogP contribution in [0.15, 0.2) is 23.2 Å². The third-order valence-corrected chi connectivity index (χ3v) is 5.36. The predicted octanol–water partition coefficient (Wildman–Crippen LogP) is 4.25. The van der Waals surface area contributed by atoms with Gasteiger partial charge in [0.2, 0.25) is 0 Å². The molecular weight excluding hydrogens is 487 g/mol. The molecule has 2 unspecified atom stereocenters. The number of halogens is 3. The van der Waals surface area contributed by atoms with Crippen molar-refractivity contribution in [2.24, 2.45) is 4.99 Å². The molecule has 1 saturated carbocycles. The van der Waals surface area contributed by atoms with Crippen molar-refractivity contribution in [3.05, 3.63) is 23.8 Å². The molecule has 2 atom stereocenters. The normalized spacial score (nSPS) is 19.6. The highest BCUT2D eigenvalue weighted by atomic mass is 127. The molecule has 0 spiro atoms. The molecule has 0 bridgehead atoms. The van der Waals surface area contributed by atoms with Crippen molar-refractivity contribution >= 4 is 41.7 Å². The molecule has 1 aromatic carbocycles. The number of guanidine groups is 1. The zero-order valence-electron chi connectivity index (χ0n) is 15.8. The first-order valence-corrected chi connectivity index (χ1v) is 10.0. The minimum atomic E-state index is -2.90. The van der Waals surface area contributed by atoms with E-state index in [1.807, 2.05) is 18.7 Å². The van der Waals surface area contributed by atoms with Crippen LogP contribution in [0.2, 0.25) is 0 Å². The molecule has 2 N–H and O–H groups in total. The van der Waals surface area contributed by atoms with E-state index in [0.29, 0.717) is 17.8 Å². The summed E-state index contributed by atoms with van der Waals surface area (Å²) in [7, 11) is 1.42. The van der Waals surface area contributed by atoms with Gasteiger partial charge < -0.3 is 20.1 Å². The van der Waals surface area contributed by atoms with E-state index in [1.165, 1.54) is 19.6 Å². The van der Waals surface area contributed by atoms with Crippen molar-refractivity contribution in [2.45, 2.75) is 50.6 Å². The molecule has 1 aliphatic carbocycles. The summed E-state index contributed by atoms with van der Waals surface area (Å²) in [6.45, 7) is 0.233. The Morgan fingerprint density at radius 3 is 2.70 bits per heavy atom. The fourth-order valence-electron chi connectivity index (χ4n) is 2.98. The lowest BCUT2D eigenvalue weighted by atomic mass is 10.2. The van der Waals surface area contributed by atoms with Gasteiger partial charge in [0.1, 0.15) is 0 Å². The number of aliphatic imine (C=N–C) groups is 1. The minimum absolute atomic E-state index is 0. The molecule has 9 heteroatoms. The van der Waals surface area contributed by atoms with Crippen LogP contribution >= 0.6 is 35.7 Å². The average molecular weight is 515 g/mol. The smallest absolute Gasteiger partial charge is 0.387 e. The maximum Gasteiger partial charge on any atom is 0.387 e. The van der Waals surface area contributed by atoms with E-state index < -0.39 is 6.61 Å². The van der Waals surface area contributed by atoms with Crippen LogP contribution in [-0.4, -0.2) is 43.8 Å². The van der Waals surface area contributed by atoms with Gasteiger partial charge in [-0.1, -0.05) is 6.07 Å². The van der Waals surface area contributed by atoms with E-state index in [9.17, 15) is 8.78 Å². The summed E-state index contributed by atoms with van der Waals surface area (Å²) in [6.07, 6.45) is 5.62. The van der Waals surface area contributed by atoms with Crippen LogP contribution in [0.25, 0.3) is 0 Å². The first-order chi connectivity index (χ1) is 12.5. The average Bonchev–Trinajstić information content (AvgIpc) is 3.07. The predicted molar refractivity (Wildman–Crippen MR) is 118 cm³/mol. The summed E-state index contributed by atoms with van der Waals surface area (Å²) < 4.78 is 34.7. The number of ether oxygens (including phenoxy) is 2. The molecular formula is C18H28F2IN3O2S. The number of methoxy groups -OCH3 is 1. The first kappa shape index (κ1) is 24.1. The van der Waals surface area contributed by atoms with Gasteiger partial charge in [0.25, 0.3) is 0 Å². The molecule has 1 fully saturated rings. The SMILES string of the molecule is CCNC(=NCc1ccc(OC)c(OC(F)F)c1)NC1CCC(SC)C1.I. The molecule has 154 valence electrons. The summed E-state index contributed by atoms with van der Waals surface area (Å²) in [5.41, 5.74) is 0.770. The van der Waals surface area contributed by atoms with Gasteiger partial charge in [-0.3, -0.25) is 0 Å². The number of rotatable bonds is 8. The van der Waals surface area contributed by atoms with E-state index in [1.54, 1.807) is 12.1 Å². The Hall–Kier alpha value is -0.970. The molecule has 0 radical (unpaired) electrons. The van der Waals surface area contributed by atoms with Crippen LogP contribution in [0.4, 0.5) is 8.78 Å². The molecule has 0 aliphatic heterocycles. The van der Waals surface area contributed by atoms with Crippen LogP contribution in [0.5, 0.6) is 11.5 Å². The van der Waals surface area contributed by atoms with Gasteiger partial charge >= 0.3 is 6.61 Å². The Labute approximate surface area is 181 Å². The molecule has 0 saturated heterocycles. The van der Waals surface area contributed by atoms with Gasteiger partial charge in [0.15, 0.2) is 17.5 Å². The van der Waals surface area contributed by atoms with Crippen molar-refractivity contribution < 1.29 is 18.3 Å². The number of hydrogen-bond donors (Lipinski definition) is 2. The maximum atomic E-state index is 12.5. The Morgan fingerprint density at radius 1 is 1.33 bits per heavy atom. The van der Waals surface area contributed by atoms with Gasteiger partial charge in [0.05, 0.1) is 13.7 Å². The van der Waals surface area contributed by atoms with Crippen LogP contribution in [-0.2, 0) is 6.54 Å². The highest BCUT2D eigenvalue weighted by molar-refractivity contribution is 14.0. The van der Waals surface area contributed by atoms with Gasteiger partial charge in [0, 0.05) is 17.8 Å². The van der Waals surface area contributed by atoms with E-state index in [2.05, 4.69) is 26.6 Å². The molecule has 0 heterocycles. The van der Waals surface area contributed by atoms with E-state index in [0.717, 1.165) is 30.9 Å². The number of alkyl halides is 2. The molecule has 0 amide bonds. The summed E-state index contributed by atoms with van der Waals surface area (Å²) >= 11 is 1.91. The van der Waals surface area contributed by atoms with Crippen molar-refractivity contribution in [3.8, 4) is 11.5 Å². The van der Waals surface area contributed by atoms with E-state index in [-0.39, 0.29) is 35.5 Å². The number of nitrogens with one attached hydrogen (secondary N) is 2. The van der Waals surface area contributed by atoms with Crippen LogP contribution in [0, 0.1) is 0 Å². The van der Waals surface area contributed by atoms with Gasteiger partial charge in [-0.2, -0.15) is 20.5 Å². The van der Waals surface area contributed by atoms with Crippen molar-refractivity contribution in [1.29, 1.82) is 0 Å². The van der Waals surface area contributed by atoms with Crippen molar-refractivity contribution in [3.63, 3.8) is 0 Å². The lowest BCUT2D eigenvalue weighted by molar-refractivity contribution is -0.0512. The molecule has 1 aromatic rings. The van der Waals surface area contributed by atoms with Crippen LogP contribution < -0.4 is 20.1 Å². The number of benzene rings is 1. The van der Waals surface area contributed by atoms with E-state index >= 15 is 0 Å². The van der Waals surface area contributed by atoms with Crippen molar-refractivity contribution in [1.82, 2.24) is 10.6 Å². The van der Waals surface area contributed by atoms with Crippen LogP contribution in [0.1, 0.15) is 31.7 Å². The molecule has 27 heavy (non-hydrogen) atoms. The molecule has 1 aliphatic rings. The Kier molecular flexibility index (Phi) is 11.1. The second kappa shape index (κ2) is 12.5. The Balaban J connectivity index is 0.00000364. The quantitative estimate of drug-likeness (QED) is 0.308. The largest absolute Gasteiger partial charge is 0.493 e. The van der Waals surface area contributed by atoms with Crippen molar-refractivity contribution in [2.75, 3.05) is 19.9 Å². The number of nitrogens with zero attached hydrogens (tertiary/aromatic N) is 1. The lowest BCUT2D eigenvalue weighted by Crippen LogP contribution is -2.42. The first-order valence-electron chi connectivity index (χ1n) is 8.75. The zero-order chi connectivity index (χ0) is 18.9. The maximum absolute atomic E-state index is 12.5. The van der Waals surface area contributed by atoms with Gasteiger partial charge in [-0.05, 0) is 50.1 Å². The van der Waals surface area contributed by atoms with Crippen LogP contribution in [0.3, 0.4) is 0 Å². The minimum Gasteiger partial charge on any atom is -0.493 e. The van der Waals surface area contributed by atoms with Gasteiger partial charge in [-0.25, -0.2) is 4.99 Å². The highest BCUT2D eigenvalue weighted by Gasteiger charge is 2.24. The third-order valence-electron chi connectivity index (χ3n) is 4.27. The topological polar surface area (TPSA) is 54.9 Å². The summed E-state index contributed by atoms with van der Waals surface area (Å²) in [6, 6.07) is 5.36. The molecule has 2 rings (SSSR count). The lowest BCUT2D eigenvalue weighted by Gasteiger charge is -2.17. The van der Waals surface area contributed by atoms with Gasteiger partial charge in [-0.15, -0.1) is 24.0 Å². The summed E-state index contributed by atoms with van der Waals surface area (Å²) in [5.74, 6) is 1.04. The highest BCUT2D eigenvalue weighted by Crippen LogP contribution is 2.30. The Bertz CT molecular complexity index is 608. The molecule has 0 aromatic heterocycles. The second-order valence-electron chi connectivity index (χ2n) is 6.07. The zero-order valence-corrected chi connectivity index (χ0v) is 19.0.